The molecule has 1 aliphatic rings. The maximum absolute atomic E-state index is 5.27. The number of ether oxygens (including phenoxy) is 1. The van der Waals surface area contributed by atoms with Crippen LogP contribution in [0, 0.1) is 0 Å². The number of alkyl halides is 1. The van der Waals surface area contributed by atoms with Crippen LogP contribution in [-0.2, 0) is 6.42 Å². The maximum atomic E-state index is 5.27. The van der Waals surface area contributed by atoms with Crippen LogP contribution >= 0.6 is 22.6 Å². The first-order valence-electron chi connectivity index (χ1n) is 5.77. The monoisotopic (exact) mass is 331 g/mol. The van der Waals surface area contributed by atoms with Crippen LogP contribution in [0.2, 0.25) is 0 Å². The number of fused-ring (bicyclic) bond motifs is 1. The molecule has 1 unspecified atom stereocenters. The fraction of sp³-hybridized carbons (Fsp3) is 0.538. The summed E-state index contributed by atoms with van der Waals surface area (Å²) < 4.78 is 5.78. The van der Waals surface area contributed by atoms with Crippen molar-refractivity contribution < 1.29 is 4.74 Å². The predicted molar refractivity (Wildman–Crippen MR) is 75.3 cm³/mol. The van der Waals surface area contributed by atoms with Crippen molar-refractivity contribution in [2.24, 2.45) is 0 Å². The number of benzene rings is 1. The van der Waals surface area contributed by atoms with E-state index >= 15 is 0 Å². The second kappa shape index (κ2) is 5.36. The second-order valence-electron chi connectivity index (χ2n) is 4.29. The highest BCUT2D eigenvalue weighted by Gasteiger charge is 2.20. The van der Waals surface area contributed by atoms with Gasteiger partial charge in [-0.2, -0.15) is 0 Å². The normalized spacial score (nSPS) is 21.3. The Morgan fingerprint density at radius 2 is 2.31 bits per heavy atom. The van der Waals surface area contributed by atoms with Gasteiger partial charge in [0.2, 0.25) is 0 Å². The molecule has 1 N–H and O–H groups in total. The topological polar surface area (TPSA) is 21.3 Å². The summed E-state index contributed by atoms with van der Waals surface area (Å²) in [6.45, 7) is 2.19. The number of nitrogens with one attached hydrogen (secondary N) is 1. The van der Waals surface area contributed by atoms with Gasteiger partial charge in [-0.25, -0.2) is 0 Å². The molecule has 0 saturated carbocycles. The van der Waals surface area contributed by atoms with E-state index in [0.717, 1.165) is 5.75 Å². The van der Waals surface area contributed by atoms with Crippen LogP contribution in [0.4, 0.5) is 0 Å². The van der Waals surface area contributed by atoms with E-state index in [1.807, 2.05) is 0 Å². The molecule has 2 nitrogen and oxygen atoms in total. The Hall–Kier alpha value is -0.290. The molecular weight excluding hydrogens is 313 g/mol. The largest absolute Gasteiger partial charge is 0.497 e. The summed E-state index contributed by atoms with van der Waals surface area (Å²) in [5.41, 5.74) is 2.90. The summed E-state index contributed by atoms with van der Waals surface area (Å²) in [6.07, 6.45) is 3.69. The molecular formula is C13H18INO. The van der Waals surface area contributed by atoms with Gasteiger partial charge in [0.25, 0.3) is 0 Å². The molecule has 0 aliphatic heterocycles. The Labute approximate surface area is 111 Å². The van der Waals surface area contributed by atoms with Crippen molar-refractivity contribution in [2.45, 2.75) is 36.3 Å². The Morgan fingerprint density at radius 1 is 1.50 bits per heavy atom. The van der Waals surface area contributed by atoms with Gasteiger partial charge in [0.1, 0.15) is 5.75 Å². The zero-order valence-corrected chi connectivity index (χ0v) is 12.0. The number of hydrogen-bond acceptors (Lipinski definition) is 2. The Balaban J connectivity index is 2.25. The van der Waals surface area contributed by atoms with Crippen LogP contribution < -0.4 is 10.1 Å². The van der Waals surface area contributed by atoms with E-state index < -0.39 is 0 Å². The second-order valence-corrected chi connectivity index (χ2v) is 6.16. The van der Waals surface area contributed by atoms with Crippen LogP contribution in [0.25, 0.3) is 0 Å². The van der Waals surface area contributed by atoms with Crippen LogP contribution in [0.5, 0.6) is 5.75 Å². The predicted octanol–water partition coefficient (Wildman–Crippen LogP) is 3.44. The van der Waals surface area contributed by atoms with Gasteiger partial charge in [0, 0.05) is 6.04 Å². The maximum Gasteiger partial charge on any atom is 0.119 e. The van der Waals surface area contributed by atoms with E-state index in [-0.39, 0.29) is 0 Å². The standard InChI is InChI=1S/C13H18INO/c1-9(14)15-13-5-3-4-10-8-11(16-2)6-7-12(10)13/h6-9,13,15H,3-5H2,1-2H3/t9-,13?/m0/s1. The van der Waals surface area contributed by atoms with Crippen molar-refractivity contribution >= 4 is 22.6 Å². The van der Waals surface area contributed by atoms with Crippen LogP contribution in [-0.4, -0.2) is 11.2 Å². The summed E-state index contributed by atoms with van der Waals surface area (Å²) in [4.78, 5) is 0. The third kappa shape index (κ3) is 2.69. The molecule has 2 atom stereocenters. The van der Waals surface area contributed by atoms with Gasteiger partial charge < -0.3 is 4.74 Å². The first-order chi connectivity index (χ1) is 7.70. The van der Waals surface area contributed by atoms with Crippen molar-refractivity contribution in [3.8, 4) is 5.75 Å². The first-order valence-corrected chi connectivity index (χ1v) is 7.02. The van der Waals surface area contributed by atoms with E-state index in [1.165, 1.54) is 30.4 Å². The van der Waals surface area contributed by atoms with Crippen molar-refractivity contribution in [1.29, 1.82) is 0 Å². The molecule has 0 spiro atoms. The SMILES string of the molecule is COc1ccc2c(c1)CCCC2N[C@@H](C)I. The molecule has 0 saturated heterocycles. The lowest BCUT2D eigenvalue weighted by molar-refractivity contribution is 0.411. The fourth-order valence-electron chi connectivity index (χ4n) is 2.37. The highest BCUT2D eigenvalue weighted by Crippen LogP contribution is 2.32. The van der Waals surface area contributed by atoms with Gasteiger partial charge in [0.15, 0.2) is 0 Å². The van der Waals surface area contributed by atoms with Crippen molar-refractivity contribution in [3.05, 3.63) is 29.3 Å². The van der Waals surface area contributed by atoms with Crippen molar-refractivity contribution in [1.82, 2.24) is 5.32 Å². The lowest BCUT2D eigenvalue weighted by Crippen LogP contribution is -2.29. The van der Waals surface area contributed by atoms with Crippen LogP contribution in [0.3, 0.4) is 0 Å². The highest BCUT2D eigenvalue weighted by molar-refractivity contribution is 14.1. The third-order valence-electron chi connectivity index (χ3n) is 3.10. The number of hydrogen-bond donors (Lipinski definition) is 1. The molecule has 1 aromatic rings. The van der Waals surface area contributed by atoms with Crippen LogP contribution in [0.1, 0.15) is 36.9 Å². The minimum absolute atomic E-state index is 0.510. The van der Waals surface area contributed by atoms with Gasteiger partial charge >= 0.3 is 0 Å². The molecule has 0 radical (unpaired) electrons. The number of aryl methyl sites for hydroxylation is 1. The summed E-state index contributed by atoms with van der Waals surface area (Å²) in [5, 5.41) is 3.62. The number of halogens is 1. The van der Waals surface area contributed by atoms with Crippen molar-refractivity contribution in [3.63, 3.8) is 0 Å². The average molecular weight is 331 g/mol. The van der Waals surface area contributed by atoms with E-state index in [9.17, 15) is 0 Å². The zero-order valence-electron chi connectivity index (χ0n) is 9.79. The van der Waals surface area contributed by atoms with E-state index in [0.29, 0.717) is 10.1 Å². The molecule has 16 heavy (non-hydrogen) atoms. The smallest absolute Gasteiger partial charge is 0.119 e. The molecule has 0 amide bonds. The quantitative estimate of drug-likeness (QED) is 0.520. The summed E-state index contributed by atoms with van der Waals surface area (Å²) in [6, 6.07) is 6.98. The number of rotatable bonds is 3. The third-order valence-corrected chi connectivity index (χ3v) is 3.45. The number of methoxy groups -OCH3 is 1. The Bertz CT molecular complexity index is 365. The molecule has 1 aromatic carbocycles. The van der Waals surface area contributed by atoms with Gasteiger partial charge in [0.05, 0.1) is 11.2 Å². The Kier molecular flexibility index (Phi) is 4.08. The molecule has 0 bridgehead atoms. The van der Waals surface area contributed by atoms with Gasteiger partial charge in [-0.15, -0.1) is 0 Å². The summed E-state index contributed by atoms with van der Waals surface area (Å²) >= 11 is 2.42. The molecule has 0 heterocycles. The first kappa shape index (κ1) is 12.2. The molecule has 2 rings (SSSR count). The molecule has 88 valence electrons. The van der Waals surface area contributed by atoms with Crippen molar-refractivity contribution in [2.75, 3.05) is 7.11 Å². The fourth-order valence-corrected chi connectivity index (χ4v) is 2.80. The lowest BCUT2D eigenvalue weighted by atomic mass is 9.87. The van der Waals surface area contributed by atoms with Gasteiger partial charge in [-0.3, -0.25) is 5.32 Å². The zero-order chi connectivity index (χ0) is 11.5. The molecule has 0 fully saturated rings. The highest BCUT2D eigenvalue weighted by atomic mass is 127. The van der Waals surface area contributed by atoms with Gasteiger partial charge in [-0.05, 0) is 49.4 Å². The lowest BCUT2D eigenvalue weighted by Gasteiger charge is -2.28. The molecule has 3 heteroatoms. The average Bonchev–Trinajstić information content (AvgIpc) is 2.28. The molecule has 0 aromatic heterocycles. The summed E-state index contributed by atoms with van der Waals surface area (Å²) in [5.74, 6) is 0.974. The minimum Gasteiger partial charge on any atom is -0.497 e. The van der Waals surface area contributed by atoms with E-state index in [2.05, 4.69) is 53.0 Å². The van der Waals surface area contributed by atoms with Gasteiger partial charge in [-0.1, -0.05) is 28.7 Å². The Morgan fingerprint density at radius 3 is 3.00 bits per heavy atom. The molecule has 1 aliphatic carbocycles. The van der Waals surface area contributed by atoms with E-state index in [1.54, 1.807) is 7.11 Å². The van der Waals surface area contributed by atoms with E-state index in [4.69, 9.17) is 4.74 Å². The van der Waals surface area contributed by atoms with Crippen LogP contribution in [0.15, 0.2) is 18.2 Å². The minimum atomic E-state index is 0.510. The summed E-state index contributed by atoms with van der Waals surface area (Å²) in [7, 11) is 1.73.